The average molecular weight is 386 g/mol. The van der Waals surface area contributed by atoms with E-state index in [1.807, 2.05) is 52.0 Å². The van der Waals surface area contributed by atoms with Crippen molar-refractivity contribution >= 4 is 12.0 Å². The molecule has 1 fully saturated rings. The summed E-state index contributed by atoms with van der Waals surface area (Å²) in [5.41, 5.74) is 0.433. The molecule has 1 saturated carbocycles. The van der Waals surface area contributed by atoms with Crippen molar-refractivity contribution in [2.75, 3.05) is 7.11 Å². The first-order valence-electron chi connectivity index (χ1n) is 9.80. The molecule has 6 nitrogen and oxygen atoms in total. The molecule has 3 unspecified atom stereocenters. The van der Waals surface area contributed by atoms with E-state index in [4.69, 9.17) is 9.47 Å². The van der Waals surface area contributed by atoms with Gasteiger partial charge in [-0.1, -0.05) is 24.3 Å². The minimum Gasteiger partial charge on any atom is -0.497 e. The second kappa shape index (κ2) is 7.86. The fraction of sp³-hybridized carbons (Fsp3) is 0.545. The Morgan fingerprint density at radius 1 is 1.11 bits per heavy atom. The van der Waals surface area contributed by atoms with Gasteiger partial charge in [0.05, 0.1) is 25.1 Å². The number of allylic oxidation sites excluding steroid dienone is 1. The summed E-state index contributed by atoms with van der Waals surface area (Å²) < 4.78 is 10.6. The highest BCUT2D eigenvalue weighted by Gasteiger charge is 2.49. The topological polar surface area (TPSA) is 76.7 Å². The molecule has 0 saturated heterocycles. The highest BCUT2D eigenvalue weighted by molar-refractivity contribution is 5.82. The van der Waals surface area contributed by atoms with Crippen molar-refractivity contribution in [3.63, 3.8) is 0 Å². The van der Waals surface area contributed by atoms with Gasteiger partial charge in [-0.15, -0.1) is 0 Å². The zero-order valence-electron chi connectivity index (χ0n) is 17.2. The monoisotopic (exact) mass is 386 g/mol. The molecular formula is C22H30N2O4. The van der Waals surface area contributed by atoms with E-state index >= 15 is 0 Å². The molecule has 0 heterocycles. The maximum Gasteiger partial charge on any atom is 0.407 e. The Balaban J connectivity index is 1.66. The van der Waals surface area contributed by atoms with Crippen LogP contribution in [0.2, 0.25) is 0 Å². The zero-order valence-corrected chi connectivity index (χ0v) is 17.2. The third-order valence-electron chi connectivity index (χ3n) is 5.42. The fourth-order valence-corrected chi connectivity index (χ4v) is 4.11. The van der Waals surface area contributed by atoms with Crippen molar-refractivity contribution < 1.29 is 19.1 Å². The van der Waals surface area contributed by atoms with Crippen molar-refractivity contribution in [2.24, 2.45) is 17.8 Å². The van der Waals surface area contributed by atoms with E-state index in [1.165, 1.54) is 0 Å². The van der Waals surface area contributed by atoms with Crippen LogP contribution in [0.4, 0.5) is 4.79 Å². The van der Waals surface area contributed by atoms with Crippen molar-refractivity contribution in [1.29, 1.82) is 0 Å². The Morgan fingerprint density at radius 3 is 2.36 bits per heavy atom. The molecule has 0 aliphatic heterocycles. The quantitative estimate of drug-likeness (QED) is 0.758. The predicted octanol–water partition coefficient (Wildman–Crippen LogP) is 3.59. The summed E-state index contributed by atoms with van der Waals surface area (Å²) >= 11 is 0. The predicted molar refractivity (Wildman–Crippen MR) is 107 cm³/mol. The summed E-state index contributed by atoms with van der Waals surface area (Å²) in [5.74, 6) is 0.768. The maximum atomic E-state index is 13.1. The van der Waals surface area contributed by atoms with Crippen LogP contribution in [0.25, 0.3) is 0 Å². The van der Waals surface area contributed by atoms with Crippen molar-refractivity contribution in [3.05, 3.63) is 42.0 Å². The van der Waals surface area contributed by atoms with Crippen LogP contribution in [-0.2, 0) is 9.53 Å². The van der Waals surface area contributed by atoms with Crippen LogP contribution in [0.3, 0.4) is 0 Å². The van der Waals surface area contributed by atoms with Gasteiger partial charge in [-0.2, -0.15) is 0 Å². The number of nitrogens with one attached hydrogen (secondary N) is 2. The van der Waals surface area contributed by atoms with Crippen molar-refractivity contribution in [2.45, 2.75) is 51.8 Å². The molecule has 5 atom stereocenters. The van der Waals surface area contributed by atoms with Crippen LogP contribution >= 0.6 is 0 Å². The van der Waals surface area contributed by atoms with Crippen LogP contribution in [0.15, 0.2) is 36.4 Å². The first-order chi connectivity index (χ1) is 13.2. The van der Waals surface area contributed by atoms with Gasteiger partial charge >= 0.3 is 6.09 Å². The molecule has 3 rings (SSSR count). The van der Waals surface area contributed by atoms with Crippen LogP contribution in [0.1, 0.15) is 45.7 Å². The molecule has 0 spiro atoms. The van der Waals surface area contributed by atoms with Crippen molar-refractivity contribution in [1.82, 2.24) is 10.6 Å². The van der Waals surface area contributed by atoms with E-state index in [0.29, 0.717) is 0 Å². The molecule has 28 heavy (non-hydrogen) atoms. The second-order valence-electron chi connectivity index (χ2n) is 8.65. The first kappa shape index (κ1) is 20.2. The lowest BCUT2D eigenvalue weighted by molar-refractivity contribution is -0.127. The number of fused-ring (bicyclic) bond motifs is 2. The molecule has 2 amide bonds. The van der Waals surface area contributed by atoms with Gasteiger partial charge in [0.2, 0.25) is 5.91 Å². The third kappa shape index (κ3) is 4.49. The number of ether oxygens (including phenoxy) is 2. The number of rotatable bonds is 5. The lowest BCUT2D eigenvalue weighted by Gasteiger charge is -2.30. The summed E-state index contributed by atoms with van der Waals surface area (Å²) in [4.78, 5) is 25.3. The molecule has 2 N–H and O–H groups in total. The van der Waals surface area contributed by atoms with Crippen LogP contribution in [0.5, 0.6) is 5.75 Å². The molecule has 0 aromatic heterocycles. The summed E-state index contributed by atoms with van der Waals surface area (Å²) in [5, 5.41) is 6.04. The average Bonchev–Trinajstić information content (AvgIpc) is 3.21. The second-order valence-corrected chi connectivity index (χ2v) is 8.65. The van der Waals surface area contributed by atoms with Crippen LogP contribution in [-0.4, -0.2) is 30.8 Å². The van der Waals surface area contributed by atoms with E-state index in [2.05, 4.69) is 22.8 Å². The number of hydrogen-bond acceptors (Lipinski definition) is 4. The van der Waals surface area contributed by atoms with Crippen LogP contribution in [0, 0.1) is 17.8 Å². The van der Waals surface area contributed by atoms with Crippen LogP contribution < -0.4 is 15.4 Å². The Kier molecular flexibility index (Phi) is 5.68. The Morgan fingerprint density at radius 2 is 1.75 bits per heavy atom. The molecule has 1 aromatic rings. The van der Waals surface area contributed by atoms with E-state index < -0.39 is 11.7 Å². The van der Waals surface area contributed by atoms with E-state index in [9.17, 15) is 9.59 Å². The molecule has 2 aliphatic rings. The summed E-state index contributed by atoms with van der Waals surface area (Å²) in [7, 11) is 1.63. The fourth-order valence-electron chi connectivity index (χ4n) is 4.11. The standard InChI is InChI=1S/C22H30N2O4/c1-13(14-8-10-17(27-5)11-9-14)23-20(25)18-15-6-7-16(12-15)19(18)24-21(26)28-22(2,3)4/h6-11,13,15-16,18-19H,12H2,1-5H3,(H,23,25)(H,24,26)/t13-,15?,16?,18?,19+/m1/s1. The molecule has 6 heteroatoms. The molecule has 0 radical (unpaired) electrons. The molecule has 152 valence electrons. The highest BCUT2D eigenvalue weighted by Crippen LogP contribution is 2.44. The zero-order chi connectivity index (χ0) is 20.5. The third-order valence-corrected chi connectivity index (χ3v) is 5.42. The van der Waals surface area contributed by atoms with Gasteiger partial charge in [0, 0.05) is 0 Å². The van der Waals surface area contributed by atoms with Gasteiger partial charge in [-0.3, -0.25) is 4.79 Å². The number of amides is 2. The lowest BCUT2D eigenvalue weighted by Crippen LogP contribution is -2.50. The minimum absolute atomic E-state index is 0.0405. The highest BCUT2D eigenvalue weighted by atomic mass is 16.6. The molecular weight excluding hydrogens is 356 g/mol. The SMILES string of the molecule is COc1ccc([C@@H](C)NC(=O)C2C3C=CC(C3)[C@@H]2NC(=O)OC(C)(C)C)cc1. The Bertz CT molecular complexity index is 751. The van der Waals surface area contributed by atoms with E-state index in [1.54, 1.807) is 7.11 Å². The van der Waals surface area contributed by atoms with Gasteiger partial charge < -0.3 is 20.1 Å². The van der Waals surface area contributed by atoms with E-state index in [0.717, 1.165) is 17.7 Å². The summed E-state index contributed by atoms with van der Waals surface area (Å²) in [6.07, 6.45) is 4.61. The lowest BCUT2D eigenvalue weighted by atomic mass is 9.87. The number of alkyl carbamates (subject to hydrolysis) is 1. The van der Waals surface area contributed by atoms with Gasteiger partial charge in [0.1, 0.15) is 11.4 Å². The number of methoxy groups -OCH3 is 1. The summed E-state index contributed by atoms with van der Waals surface area (Å²) in [6, 6.07) is 7.27. The first-order valence-corrected chi connectivity index (χ1v) is 9.80. The normalized spacial score (nSPS) is 26.6. The van der Waals surface area contributed by atoms with Gasteiger partial charge in [-0.25, -0.2) is 4.79 Å². The molecule has 1 aromatic carbocycles. The number of benzene rings is 1. The minimum atomic E-state index is -0.571. The maximum absolute atomic E-state index is 13.1. The largest absolute Gasteiger partial charge is 0.497 e. The number of carbonyl (C=O) groups is 2. The van der Waals surface area contributed by atoms with Gasteiger partial charge in [0.15, 0.2) is 0 Å². The molecule has 2 aliphatic carbocycles. The Hall–Kier alpha value is -2.50. The number of carbonyl (C=O) groups excluding carboxylic acids is 2. The van der Waals surface area contributed by atoms with E-state index in [-0.39, 0.29) is 35.7 Å². The summed E-state index contributed by atoms with van der Waals surface area (Å²) in [6.45, 7) is 7.44. The van der Waals surface area contributed by atoms with Crippen molar-refractivity contribution in [3.8, 4) is 5.75 Å². The molecule has 2 bridgehead atoms. The van der Waals surface area contributed by atoms with Gasteiger partial charge in [0.25, 0.3) is 0 Å². The van der Waals surface area contributed by atoms with Gasteiger partial charge in [-0.05, 0) is 63.6 Å². The number of hydrogen-bond donors (Lipinski definition) is 2. The Labute approximate surface area is 166 Å². The smallest absolute Gasteiger partial charge is 0.407 e.